The lowest BCUT2D eigenvalue weighted by Gasteiger charge is -2.34. The molecule has 3 aromatic rings. The molecule has 158 valence electrons. The maximum absolute atomic E-state index is 13.8. The molecule has 2 N–H and O–H groups in total. The molecular weight excluding hydrogens is 390 g/mol. The van der Waals surface area contributed by atoms with E-state index in [1.807, 2.05) is 25.1 Å². The van der Waals surface area contributed by atoms with Crippen LogP contribution in [0.5, 0.6) is 5.75 Å². The topological polar surface area (TPSA) is 76.9 Å². The predicted octanol–water partition coefficient (Wildman–Crippen LogP) is 2.84. The van der Waals surface area contributed by atoms with Crippen molar-refractivity contribution in [3.05, 3.63) is 65.0 Å². The third-order valence-corrected chi connectivity index (χ3v) is 5.45. The first-order valence-electron chi connectivity index (χ1n) is 9.91. The second-order valence-corrected chi connectivity index (χ2v) is 7.37. The number of nitrogens with zero attached hydrogens (tertiary/aromatic N) is 4. The highest BCUT2D eigenvalue weighted by Gasteiger charge is 2.27. The SMILES string of the molecule is COc1ccc(-n2nnnc2C)cc1CN[C@H]1CCCN[C@H]1c1ccc(F)c(F)c1. The molecule has 1 aromatic heterocycles. The Morgan fingerprint density at radius 1 is 1.20 bits per heavy atom. The highest BCUT2D eigenvalue weighted by Crippen LogP contribution is 2.27. The van der Waals surface area contributed by atoms with Crippen molar-refractivity contribution in [2.75, 3.05) is 13.7 Å². The zero-order valence-corrected chi connectivity index (χ0v) is 16.9. The average Bonchev–Trinajstić information content (AvgIpc) is 3.20. The number of benzene rings is 2. The lowest BCUT2D eigenvalue weighted by Crippen LogP contribution is -2.45. The van der Waals surface area contributed by atoms with Gasteiger partial charge in [0, 0.05) is 24.2 Å². The fourth-order valence-electron chi connectivity index (χ4n) is 3.91. The van der Waals surface area contributed by atoms with E-state index in [1.165, 1.54) is 12.1 Å². The van der Waals surface area contributed by atoms with Gasteiger partial charge in [-0.3, -0.25) is 0 Å². The summed E-state index contributed by atoms with van der Waals surface area (Å²) in [5, 5.41) is 18.6. The lowest BCUT2D eigenvalue weighted by atomic mass is 9.92. The van der Waals surface area contributed by atoms with Gasteiger partial charge in [-0.05, 0) is 72.6 Å². The molecule has 1 fully saturated rings. The van der Waals surface area contributed by atoms with Crippen LogP contribution in [-0.4, -0.2) is 39.9 Å². The molecule has 0 saturated carbocycles. The van der Waals surface area contributed by atoms with Crippen molar-refractivity contribution in [3.8, 4) is 11.4 Å². The largest absolute Gasteiger partial charge is 0.496 e. The molecule has 0 amide bonds. The average molecular weight is 414 g/mol. The number of rotatable bonds is 6. The molecule has 0 unspecified atom stereocenters. The van der Waals surface area contributed by atoms with Gasteiger partial charge in [-0.15, -0.1) is 5.10 Å². The number of methoxy groups -OCH3 is 1. The zero-order chi connectivity index (χ0) is 21.1. The van der Waals surface area contributed by atoms with Crippen molar-refractivity contribution in [2.45, 2.75) is 38.4 Å². The summed E-state index contributed by atoms with van der Waals surface area (Å²) in [7, 11) is 1.63. The molecule has 2 heterocycles. The summed E-state index contributed by atoms with van der Waals surface area (Å²) in [6.07, 6.45) is 1.92. The molecule has 0 spiro atoms. The van der Waals surface area contributed by atoms with Crippen molar-refractivity contribution < 1.29 is 13.5 Å². The van der Waals surface area contributed by atoms with Gasteiger partial charge in [0.1, 0.15) is 5.75 Å². The van der Waals surface area contributed by atoms with Crippen molar-refractivity contribution in [2.24, 2.45) is 0 Å². The predicted molar refractivity (Wildman–Crippen MR) is 107 cm³/mol. The van der Waals surface area contributed by atoms with Crippen LogP contribution in [0.15, 0.2) is 36.4 Å². The first-order chi connectivity index (χ1) is 14.6. The molecule has 2 aromatic carbocycles. The standard InChI is InChI=1S/C21H24F2N6O/c1-13-26-27-28-29(13)16-6-8-20(30-2)15(10-16)12-25-19-4-3-9-24-21(19)14-5-7-17(22)18(23)11-14/h5-8,10-11,19,21,24-25H,3-4,9,12H2,1-2H3/t19-,21-/m0/s1. The van der Waals surface area contributed by atoms with E-state index < -0.39 is 11.6 Å². The number of hydrogen-bond acceptors (Lipinski definition) is 6. The Labute approximate surface area is 173 Å². The summed E-state index contributed by atoms with van der Waals surface area (Å²) in [6.45, 7) is 3.21. The molecule has 1 aliphatic rings. The molecule has 4 rings (SSSR count). The van der Waals surface area contributed by atoms with E-state index >= 15 is 0 Å². The minimum Gasteiger partial charge on any atom is -0.496 e. The summed E-state index contributed by atoms with van der Waals surface area (Å²) < 4.78 is 34.3. The Bertz CT molecular complexity index is 1020. The molecule has 0 radical (unpaired) electrons. The van der Waals surface area contributed by atoms with Gasteiger partial charge < -0.3 is 15.4 Å². The van der Waals surface area contributed by atoms with Crippen molar-refractivity contribution in [1.82, 2.24) is 30.8 Å². The third kappa shape index (κ3) is 4.17. The molecular formula is C21H24F2N6O. The van der Waals surface area contributed by atoms with Gasteiger partial charge >= 0.3 is 0 Å². The fourth-order valence-corrected chi connectivity index (χ4v) is 3.91. The Hall–Kier alpha value is -2.91. The van der Waals surface area contributed by atoms with Gasteiger partial charge in [0.05, 0.1) is 12.8 Å². The van der Waals surface area contributed by atoms with E-state index in [2.05, 4.69) is 26.2 Å². The van der Waals surface area contributed by atoms with Crippen LogP contribution >= 0.6 is 0 Å². The van der Waals surface area contributed by atoms with Crippen LogP contribution < -0.4 is 15.4 Å². The normalized spacial score (nSPS) is 19.1. The van der Waals surface area contributed by atoms with E-state index in [0.717, 1.165) is 42.0 Å². The highest BCUT2D eigenvalue weighted by molar-refractivity contribution is 5.44. The van der Waals surface area contributed by atoms with Crippen LogP contribution in [0.25, 0.3) is 5.69 Å². The molecule has 0 aliphatic carbocycles. The first kappa shape index (κ1) is 20.4. The second-order valence-electron chi connectivity index (χ2n) is 7.37. The van der Waals surface area contributed by atoms with Crippen molar-refractivity contribution in [3.63, 3.8) is 0 Å². The number of hydrogen-bond donors (Lipinski definition) is 2. The van der Waals surface area contributed by atoms with Gasteiger partial charge in [-0.2, -0.15) is 4.68 Å². The molecule has 7 nitrogen and oxygen atoms in total. The Morgan fingerprint density at radius 3 is 2.80 bits per heavy atom. The van der Waals surface area contributed by atoms with E-state index in [4.69, 9.17) is 4.74 Å². The van der Waals surface area contributed by atoms with E-state index in [0.29, 0.717) is 12.4 Å². The summed E-state index contributed by atoms with van der Waals surface area (Å²) in [6, 6.07) is 9.82. The summed E-state index contributed by atoms with van der Waals surface area (Å²) >= 11 is 0. The maximum atomic E-state index is 13.8. The first-order valence-corrected chi connectivity index (χ1v) is 9.91. The Kier molecular flexibility index (Phi) is 6.01. The van der Waals surface area contributed by atoms with E-state index in [-0.39, 0.29) is 12.1 Å². The van der Waals surface area contributed by atoms with Crippen LogP contribution in [-0.2, 0) is 6.54 Å². The summed E-state index contributed by atoms with van der Waals surface area (Å²) in [5.74, 6) is -0.220. The Balaban J connectivity index is 1.55. The fraction of sp³-hybridized carbons (Fsp3) is 0.381. The van der Waals surface area contributed by atoms with E-state index in [1.54, 1.807) is 17.9 Å². The molecule has 9 heteroatoms. The molecule has 30 heavy (non-hydrogen) atoms. The van der Waals surface area contributed by atoms with Gasteiger partial charge in [-0.25, -0.2) is 8.78 Å². The minimum absolute atomic E-state index is 0.0618. The Morgan fingerprint density at radius 2 is 2.07 bits per heavy atom. The number of halogens is 2. The van der Waals surface area contributed by atoms with E-state index in [9.17, 15) is 8.78 Å². The van der Waals surface area contributed by atoms with Crippen molar-refractivity contribution >= 4 is 0 Å². The number of piperidine rings is 1. The number of nitrogens with one attached hydrogen (secondary N) is 2. The number of tetrazole rings is 1. The van der Waals surface area contributed by atoms with Crippen LogP contribution in [0, 0.1) is 18.6 Å². The molecule has 0 bridgehead atoms. The van der Waals surface area contributed by atoms with Crippen molar-refractivity contribution in [1.29, 1.82) is 0 Å². The van der Waals surface area contributed by atoms with Crippen LogP contribution in [0.2, 0.25) is 0 Å². The molecule has 1 aliphatic heterocycles. The summed E-state index contributed by atoms with van der Waals surface area (Å²) in [4.78, 5) is 0. The quantitative estimate of drug-likeness (QED) is 0.646. The zero-order valence-electron chi connectivity index (χ0n) is 16.9. The highest BCUT2D eigenvalue weighted by atomic mass is 19.2. The van der Waals surface area contributed by atoms with Gasteiger partial charge in [0.25, 0.3) is 0 Å². The van der Waals surface area contributed by atoms with Gasteiger partial charge in [0.2, 0.25) is 0 Å². The second kappa shape index (κ2) is 8.85. The number of ether oxygens (including phenoxy) is 1. The lowest BCUT2D eigenvalue weighted by molar-refractivity contribution is 0.302. The smallest absolute Gasteiger partial charge is 0.159 e. The van der Waals surface area contributed by atoms with Crippen LogP contribution in [0.1, 0.15) is 35.8 Å². The molecule has 1 saturated heterocycles. The summed E-state index contributed by atoms with van der Waals surface area (Å²) in [5.41, 5.74) is 2.53. The maximum Gasteiger partial charge on any atom is 0.159 e. The number of aromatic nitrogens is 4. The van der Waals surface area contributed by atoms with Crippen LogP contribution in [0.4, 0.5) is 8.78 Å². The molecule has 2 atom stereocenters. The third-order valence-electron chi connectivity index (χ3n) is 5.45. The monoisotopic (exact) mass is 414 g/mol. The number of aryl methyl sites for hydroxylation is 1. The van der Waals surface area contributed by atoms with Gasteiger partial charge in [0.15, 0.2) is 17.5 Å². The van der Waals surface area contributed by atoms with Crippen LogP contribution in [0.3, 0.4) is 0 Å². The van der Waals surface area contributed by atoms with Gasteiger partial charge in [-0.1, -0.05) is 6.07 Å². The minimum atomic E-state index is -0.835.